The first-order valence-electron chi connectivity index (χ1n) is 10.0. The molecule has 0 fully saturated rings. The third kappa shape index (κ3) is 4.49. The maximum atomic E-state index is 12.9. The largest absolute Gasteiger partial charge is 0.495 e. The van der Waals surface area contributed by atoms with Crippen LogP contribution in [0.15, 0.2) is 42.7 Å². The zero-order valence-corrected chi connectivity index (χ0v) is 18.5. The summed E-state index contributed by atoms with van der Waals surface area (Å²) >= 11 is 6.21. The number of ether oxygens (including phenoxy) is 1. The van der Waals surface area contributed by atoms with Gasteiger partial charge in [0.05, 0.1) is 23.5 Å². The standard InChI is InChI=1S/C23H27ClN4O2/c1-5-6-11-26-22(29)23(2,3)21-27-19(15-9-12-25-13-10-15)20(28-21)16-7-8-17(24)18(14-16)30-4/h7-10,12-14H,5-6,11H2,1-4H3,(H,26,29)(H,27,28). The molecule has 1 amide bonds. The number of carbonyl (C=O) groups excluding carboxylic acids is 1. The molecule has 2 aromatic heterocycles. The zero-order chi connectivity index (χ0) is 21.7. The van der Waals surface area contributed by atoms with E-state index < -0.39 is 5.41 Å². The van der Waals surface area contributed by atoms with Crippen LogP contribution < -0.4 is 10.1 Å². The molecule has 158 valence electrons. The molecule has 0 unspecified atom stereocenters. The number of carbonyl (C=O) groups is 1. The molecule has 0 radical (unpaired) electrons. The van der Waals surface area contributed by atoms with Crippen molar-refractivity contribution >= 4 is 17.5 Å². The zero-order valence-electron chi connectivity index (χ0n) is 17.8. The molecule has 0 atom stereocenters. The van der Waals surface area contributed by atoms with Gasteiger partial charge < -0.3 is 15.0 Å². The van der Waals surface area contributed by atoms with Gasteiger partial charge in [0.25, 0.3) is 0 Å². The molecule has 2 heterocycles. The number of unbranched alkanes of at least 4 members (excludes halogenated alkanes) is 1. The van der Waals surface area contributed by atoms with Crippen LogP contribution in [0.25, 0.3) is 22.5 Å². The highest BCUT2D eigenvalue weighted by atomic mass is 35.5. The van der Waals surface area contributed by atoms with Gasteiger partial charge in [-0.15, -0.1) is 0 Å². The second-order valence-electron chi connectivity index (χ2n) is 7.63. The first-order chi connectivity index (χ1) is 14.4. The minimum Gasteiger partial charge on any atom is -0.495 e. The van der Waals surface area contributed by atoms with Crippen molar-refractivity contribution in [3.63, 3.8) is 0 Å². The highest BCUT2D eigenvalue weighted by Crippen LogP contribution is 2.36. The highest BCUT2D eigenvalue weighted by Gasteiger charge is 2.34. The van der Waals surface area contributed by atoms with E-state index in [4.69, 9.17) is 21.3 Å². The van der Waals surface area contributed by atoms with Crippen molar-refractivity contribution in [1.82, 2.24) is 20.3 Å². The molecule has 0 spiro atoms. The Bertz CT molecular complexity index is 1020. The number of benzene rings is 1. The van der Waals surface area contributed by atoms with Gasteiger partial charge in [-0.05, 0) is 44.5 Å². The van der Waals surface area contributed by atoms with Crippen LogP contribution in [0.1, 0.15) is 39.4 Å². The number of nitrogens with one attached hydrogen (secondary N) is 2. The van der Waals surface area contributed by atoms with Crippen LogP contribution in [0, 0.1) is 0 Å². The van der Waals surface area contributed by atoms with Gasteiger partial charge in [0.2, 0.25) is 5.91 Å². The summed E-state index contributed by atoms with van der Waals surface area (Å²) in [6.07, 6.45) is 5.42. The van der Waals surface area contributed by atoms with E-state index in [1.807, 2.05) is 38.1 Å². The SMILES string of the molecule is CCCCNC(=O)C(C)(C)c1nc(-c2ccc(Cl)c(OC)c2)c(-c2ccncc2)[nH]1. The molecule has 6 nitrogen and oxygen atoms in total. The summed E-state index contributed by atoms with van der Waals surface area (Å²) < 4.78 is 5.38. The number of rotatable bonds is 8. The summed E-state index contributed by atoms with van der Waals surface area (Å²) in [5, 5.41) is 3.54. The number of halogens is 1. The predicted molar refractivity (Wildman–Crippen MR) is 120 cm³/mol. The van der Waals surface area contributed by atoms with Crippen molar-refractivity contribution in [3.05, 3.63) is 53.6 Å². The number of hydrogen-bond donors (Lipinski definition) is 2. The smallest absolute Gasteiger partial charge is 0.233 e. The lowest BCUT2D eigenvalue weighted by Crippen LogP contribution is -2.41. The summed E-state index contributed by atoms with van der Waals surface area (Å²) in [5.74, 6) is 1.09. The molecular weight excluding hydrogens is 400 g/mol. The number of nitrogens with zero attached hydrogens (tertiary/aromatic N) is 2. The van der Waals surface area contributed by atoms with Crippen LogP contribution in [-0.4, -0.2) is 34.5 Å². The maximum absolute atomic E-state index is 12.9. The number of hydrogen-bond acceptors (Lipinski definition) is 4. The van der Waals surface area contributed by atoms with E-state index in [-0.39, 0.29) is 5.91 Å². The molecule has 0 saturated carbocycles. The minimum atomic E-state index is -0.829. The number of H-pyrrole nitrogens is 1. The van der Waals surface area contributed by atoms with Crippen LogP contribution in [-0.2, 0) is 10.2 Å². The van der Waals surface area contributed by atoms with E-state index in [9.17, 15) is 4.79 Å². The molecule has 0 aliphatic heterocycles. The van der Waals surface area contributed by atoms with Crippen LogP contribution in [0.5, 0.6) is 5.75 Å². The van der Waals surface area contributed by atoms with E-state index in [1.54, 1.807) is 25.6 Å². The Morgan fingerprint density at radius 1 is 1.20 bits per heavy atom. The van der Waals surface area contributed by atoms with E-state index in [2.05, 4.69) is 22.2 Å². The van der Waals surface area contributed by atoms with Crippen molar-refractivity contribution in [2.45, 2.75) is 39.0 Å². The summed E-state index contributed by atoms with van der Waals surface area (Å²) in [4.78, 5) is 25.2. The van der Waals surface area contributed by atoms with Gasteiger partial charge in [-0.2, -0.15) is 0 Å². The predicted octanol–water partition coefficient (Wildman–Crippen LogP) is 4.99. The van der Waals surface area contributed by atoms with E-state index in [0.717, 1.165) is 35.4 Å². The molecule has 0 aliphatic carbocycles. The Hall–Kier alpha value is -2.86. The molecule has 2 N–H and O–H groups in total. The van der Waals surface area contributed by atoms with Gasteiger partial charge in [0, 0.05) is 30.1 Å². The Labute approximate surface area is 182 Å². The van der Waals surface area contributed by atoms with Crippen LogP contribution in [0.3, 0.4) is 0 Å². The summed E-state index contributed by atoms with van der Waals surface area (Å²) in [6.45, 7) is 6.49. The molecule has 0 bridgehead atoms. The van der Waals surface area contributed by atoms with Gasteiger partial charge in [0.1, 0.15) is 17.0 Å². The molecule has 1 aromatic carbocycles. The van der Waals surface area contributed by atoms with Gasteiger partial charge in [-0.25, -0.2) is 4.98 Å². The van der Waals surface area contributed by atoms with Crippen molar-refractivity contribution in [2.75, 3.05) is 13.7 Å². The quantitative estimate of drug-likeness (QED) is 0.497. The molecule has 3 rings (SSSR count). The van der Waals surface area contributed by atoms with E-state index >= 15 is 0 Å². The lowest BCUT2D eigenvalue weighted by molar-refractivity contribution is -0.125. The van der Waals surface area contributed by atoms with Gasteiger partial charge in [-0.3, -0.25) is 9.78 Å². The average Bonchev–Trinajstić information content (AvgIpc) is 3.21. The molecule has 7 heteroatoms. The van der Waals surface area contributed by atoms with Gasteiger partial charge in [0.15, 0.2) is 0 Å². The van der Waals surface area contributed by atoms with Crippen LogP contribution >= 0.6 is 11.6 Å². The van der Waals surface area contributed by atoms with E-state index in [1.165, 1.54) is 0 Å². The topological polar surface area (TPSA) is 79.9 Å². The minimum absolute atomic E-state index is 0.0637. The molecular formula is C23H27ClN4O2. The second-order valence-corrected chi connectivity index (χ2v) is 8.04. The highest BCUT2D eigenvalue weighted by molar-refractivity contribution is 6.32. The van der Waals surface area contributed by atoms with Crippen LogP contribution in [0.2, 0.25) is 5.02 Å². The molecule has 0 aliphatic rings. The lowest BCUT2D eigenvalue weighted by Gasteiger charge is -2.21. The second kappa shape index (κ2) is 9.30. The van der Waals surface area contributed by atoms with Crippen molar-refractivity contribution in [3.8, 4) is 28.3 Å². The van der Waals surface area contributed by atoms with Crippen molar-refractivity contribution in [2.24, 2.45) is 0 Å². The molecule has 3 aromatic rings. The number of imidazole rings is 1. The lowest BCUT2D eigenvalue weighted by atomic mass is 9.91. The Morgan fingerprint density at radius 2 is 1.93 bits per heavy atom. The van der Waals surface area contributed by atoms with E-state index in [0.29, 0.717) is 23.1 Å². The number of methoxy groups -OCH3 is 1. The summed E-state index contributed by atoms with van der Waals surface area (Å²) in [6, 6.07) is 9.33. The maximum Gasteiger partial charge on any atom is 0.233 e. The third-order valence-corrected chi connectivity index (χ3v) is 5.39. The Morgan fingerprint density at radius 3 is 2.60 bits per heavy atom. The summed E-state index contributed by atoms with van der Waals surface area (Å²) in [5.41, 5.74) is 2.47. The molecule has 30 heavy (non-hydrogen) atoms. The number of aromatic amines is 1. The van der Waals surface area contributed by atoms with Gasteiger partial charge in [-0.1, -0.05) is 31.0 Å². The fraction of sp³-hybridized carbons (Fsp3) is 0.348. The van der Waals surface area contributed by atoms with Gasteiger partial charge >= 0.3 is 0 Å². The Kier molecular flexibility index (Phi) is 6.77. The van der Waals surface area contributed by atoms with Crippen LogP contribution in [0.4, 0.5) is 0 Å². The Balaban J connectivity index is 2.08. The fourth-order valence-corrected chi connectivity index (χ4v) is 3.31. The number of aromatic nitrogens is 3. The summed E-state index contributed by atoms with van der Waals surface area (Å²) in [7, 11) is 1.58. The normalized spacial score (nSPS) is 11.4. The third-order valence-electron chi connectivity index (χ3n) is 5.07. The fourth-order valence-electron chi connectivity index (χ4n) is 3.12. The van der Waals surface area contributed by atoms with Crippen molar-refractivity contribution in [1.29, 1.82) is 0 Å². The number of amides is 1. The molecule has 0 saturated heterocycles. The first-order valence-corrected chi connectivity index (χ1v) is 10.4. The first kappa shape index (κ1) is 21.8. The monoisotopic (exact) mass is 426 g/mol. The number of pyridine rings is 1. The van der Waals surface area contributed by atoms with Crippen molar-refractivity contribution < 1.29 is 9.53 Å². The average molecular weight is 427 g/mol.